The Morgan fingerprint density at radius 2 is 1.59 bits per heavy atom. The van der Waals surface area contributed by atoms with Crippen molar-refractivity contribution >= 4 is 16.5 Å². The standard InChI is InChI=1S/C13H15NO3/c1-15-11-7-8-6-9(14)4-5-10(8)12(16-2)13(11)17-3/h4-7H,14H2,1-3H3. The van der Waals surface area contributed by atoms with E-state index in [1.807, 2.05) is 24.3 Å². The van der Waals surface area contributed by atoms with E-state index in [0.717, 1.165) is 10.8 Å². The number of nitrogens with two attached hydrogens (primary N) is 1. The van der Waals surface area contributed by atoms with Gasteiger partial charge in [0.2, 0.25) is 5.75 Å². The number of hydrogen-bond acceptors (Lipinski definition) is 4. The summed E-state index contributed by atoms with van der Waals surface area (Å²) >= 11 is 0. The van der Waals surface area contributed by atoms with Gasteiger partial charge in [0, 0.05) is 11.1 Å². The molecule has 2 aromatic rings. The lowest BCUT2D eigenvalue weighted by molar-refractivity contribution is 0.327. The Bertz CT molecular complexity index is 552. The molecule has 0 bridgehead atoms. The molecule has 0 spiro atoms. The normalized spacial score (nSPS) is 10.3. The van der Waals surface area contributed by atoms with Crippen LogP contribution < -0.4 is 19.9 Å². The van der Waals surface area contributed by atoms with Crippen LogP contribution in [-0.2, 0) is 0 Å². The minimum atomic E-state index is 0.590. The van der Waals surface area contributed by atoms with Gasteiger partial charge < -0.3 is 19.9 Å². The fraction of sp³-hybridized carbons (Fsp3) is 0.231. The van der Waals surface area contributed by atoms with E-state index in [9.17, 15) is 0 Å². The molecule has 0 saturated carbocycles. The molecule has 17 heavy (non-hydrogen) atoms. The number of ether oxygens (including phenoxy) is 3. The quantitative estimate of drug-likeness (QED) is 0.827. The molecule has 0 aromatic heterocycles. The Hall–Kier alpha value is -2.10. The number of hydrogen-bond donors (Lipinski definition) is 1. The summed E-state index contributed by atoms with van der Waals surface area (Å²) in [6.07, 6.45) is 0. The summed E-state index contributed by atoms with van der Waals surface area (Å²) < 4.78 is 16.0. The molecule has 0 aliphatic carbocycles. The van der Waals surface area contributed by atoms with E-state index in [4.69, 9.17) is 19.9 Å². The molecule has 0 saturated heterocycles. The van der Waals surface area contributed by atoms with E-state index in [-0.39, 0.29) is 0 Å². The Morgan fingerprint density at radius 1 is 0.882 bits per heavy atom. The Labute approximate surface area is 99.9 Å². The zero-order valence-electron chi connectivity index (χ0n) is 10.1. The van der Waals surface area contributed by atoms with Crippen molar-refractivity contribution in [2.75, 3.05) is 27.1 Å². The highest BCUT2D eigenvalue weighted by molar-refractivity contribution is 5.94. The molecule has 0 atom stereocenters. The number of anilines is 1. The number of rotatable bonds is 3. The minimum Gasteiger partial charge on any atom is -0.493 e. The summed E-state index contributed by atoms with van der Waals surface area (Å²) in [6, 6.07) is 7.50. The van der Waals surface area contributed by atoms with Crippen LogP contribution in [0.25, 0.3) is 10.8 Å². The zero-order valence-corrected chi connectivity index (χ0v) is 10.1. The second-order valence-electron chi connectivity index (χ2n) is 3.63. The lowest BCUT2D eigenvalue weighted by Crippen LogP contribution is -1.96. The third kappa shape index (κ3) is 1.82. The first kappa shape index (κ1) is 11.4. The van der Waals surface area contributed by atoms with Crippen molar-refractivity contribution in [1.82, 2.24) is 0 Å². The van der Waals surface area contributed by atoms with Gasteiger partial charge in [0.15, 0.2) is 11.5 Å². The number of nitrogen functional groups attached to an aromatic ring is 1. The Morgan fingerprint density at radius 3 is 2.18 bits per heavy atom. The maximum atomic E-state index is 5.76. The highest BCUT2D eigenvalue weighted by Crippen LogP contribution is 2.43. The van der Waals surface area contributed by atoms with Crippen molar-refractivity contribution in [3.63, 3.8) is 0 Å². The van der Waals surface area contributed by atoms with Crippen LogP contribution in [0.4, 0.5) is 5.69 Å². The molecule has 2 rings (SSSR count). The van der Waals surface area contributed by atoms with Crippen LogP contribution in [0.5, 0.6) is 17.2 Å². The monoisotopic (exact) mass is 233 g/mol. The fourth-order valence-electron chi connectivity index (χ4n) is 1.90. The average Bonchev–Trinajstić information content (AvgIpc) is 2.35. The predicted octanol–water partition coefficient (Wildman–Crippen LogP) is 2.45. The highest BCUT2D eigenvalue weighted by Gasteiger charge is 2.15. The maximum absolute atomic E-state index is 5.76. The molecule has 2 aromatic carbocycles. The van der Waals surface area contributed by atoms with Gasteiger partial charge in [-0.2, -0.15) is 0 Å². The molecule has 0 aliphatic rings. The highest BCUT2D eigenvalue weighted by atomic mass is 16.5. The van der Waals surface area contributed by atoms with Crippen molar-refractivity contribution in [3.8, 4) is 17.2 Å². The van der Waals surface area contributed by atoms with Gasteiger partial charge in [-0.1, -0.05) is 0 Å². The molecule has 4 heteroatoms. The van der Waals surface area contributed by atoms with E-state index >= 15 is 0 Å². The van der Waals surface area contributed by atoms with Crippen molar-refractivity contribution in [2.24, 2.45) is 0 Å². The zero-order chi connectivity index (χ0) is 12.4. The van der Waals surface area contributed by atoms with Crippen molar-refractivity contribution in [1.29, 1.82) is 0 Å². The summed E-state index contributed by atoms with van der Waals surface area (Å²) in [6.45, 7) is 0. The molecule has 90 valence electrons. The molecule has 0 fully saturated rings. The largest absolute Gasteiger partial charge is 0.493 e. The van der Waals surface area contributed by atoms with Crippen LogP contribution >= 0.6 is 0 Å². The number of benzene rings is 2. The second kappa shape index (κ2) is 4.41. The number of fused-ring (bicyclic) bond motifs is 1. The minimum absolute atomic E-state index is 0.590. The molecule has 4 nitrogen and oxygen atoms in total. The molecule has 0 radical (unpaired) electrons. The Kier molecular flexibility index (Phi) is 2.95. The van der Waals surface area contributed by atoms with Gasteiger partial charge in [0.05, 0.1) is 21.3 Å². The van der Waals surface area contributed by atoms with E-state index < -0.39 is 0 Å². The first-order valence-corrected chi connectivity index (χ1v) is 5.19. The molecule has 0 aliphatic heterocycles. The van der Waals surface area contributed by atoms with Crippen LogP contribution in [0.3, 0.4) is 0 Å². The number of methoxy groups -OCH3 is 3. The van der Waals surface area contributed by atoms with Crippen LogP contribution in [0, 0.1) is 0 Å². The Balaban J connectivity index is 2.83. The SMILES string of the molecule is COc1cc2cc(N)ccc2c(OC)c1OC. The lowest BCUT2D eigenvalue weighted by Gasteiger charge is -2.14. The van der Waals surface area contributed by atoms with Gasteiger partial charge in [0.25, 0.3) is 0 Å². The molecule has 0 amide bonds. The molecular weight excluding hydrogens is 218 g/mol. The van der Waals surface area contributed by atoms with Gasteiger partial charge in [-0.25, -0.2) is 0 Å². The topological polar surface area (TPSA) is 53.7 Å². The molecule has 0 unspecified atom stereocenters. The third-order valence-electron chi connectivity index (χ3n) is 2.67. The smallest absolute Gasteiger partial charge is 0.203 e. The first-order valence-electron chi connectivity index (χ1n) is 5.19. The second-order valence-corrected chi connectivity index (χ2v) is 3.63. The summed E-state index contributed by atoms with van der Waals surface area (Å²) in [7, 11) is 4.78. The summed E-state index contributed by atoms with van der Waals surface area (Å²) in [5.41, 5.74) is 6.47. The third-order valence-corrected chi connectivity index (χ3v) is 2.67. The van der Waals surface area contributed by atoms with Crippen LogP contribution in [-0.4, -0.2) is 21.3 Å². The molecule has 2 N–H and O–H groups in total. The lowest BCUT2D eigenvalue weighted by atomic mass is 10.1. The fourth-order valence-corrected chi connectivity index (χ4v) is 1.90. The summed E-state index contributed by atoms with van der Waals surface area (Å²) in [4.78, 5) is 0. The van der Waals surface area contributed by atoms with E-state index in [1.165, 1.54) is 0 Å². The van der Waals surface area contributed by atoms with Gasteiger partial charge in [-0.15, -0.1) is 0 Å². The predicted molar refractivity (Wildman–Crippen MR) is 68.0 cm³/mol. The van der Waals surface area contributed by atoms with E-state index in [0.29, 0.717) is 22.9 Å². The first-order chi connectivity index (χ1) is 8.21. The average molecular weight is 233 g/mol. The van der Waals surface area contributed by atoms with Crippen molar-refractivity contribution in [2.45, 2.75) is 0 Å². The van der Waals surface area contributed by atoms with Crippen LogP contribution in [0.1, 0.15) is 0 Å². The molecule has 0 heterocycles. The van der Waals surface area contributed by atoms with Gasteiger partial charge >= 0.3 is 0 Å². The summed E-state index contributed by atoms with van der Waals surface area (Å²) in [5.74, 6) is 1.87. The van der Waals surface area contributed by atoms with E-state index in [1.54, 1.807) is 21.3 Å². The molecular formula is C13H15NO3. The maximum Gasteiger partial charge on any atom is 0.203 e. The van der Waals surface area contributed by atoms with Crippen molar-refractivity contribution < 1.29 is 14.2 Å². The van der Waals surface area contributed by atoms with Crippen LogP contribution in [0.2, 0.25) is 0 Å². The van der Waals surface area contributed by atoms with Crippen LogP contribution in [0.15, 0.2) is 24.3 Å². The van der Waals surface area contributed by atoms with Gasteiger partial charge in [-0.05, 0) is 29.7 Å². The van der Waals surface area contributed by atoms with E-state index in [2.05, 4.69) is 0 Å². The summed E-state index contributed by atoms with van der Waals surface area (Å²) in [5, 5.41) is 1.90. The van der Waals surface area contributed by atoms with Gasteiger partial charge in [0.1, 0.15) is 0 Å². The van der Waals surface area contributed by atoms with Crippen molar-refractivity contribution in [3.05, 3.63) is 24.3 Å². The van der Waals surface area contributed by atoms with Gasteiger partial charge in [-0.3, -0.25) is 0 Å².